The van der Waals surface area contributed by atoms with E-state index in [1.807, 2.05) is 67.6 Å². The maximum Gasteiger partial charge on any atom is 0.241 e. The lowest BCUT2D eigenvalue weighted by molar-refractivity contribution is 0.472. The number of rotatable bonds is 9. The summed E-state index contributed by atoms with van der Waals surface area (Å²) in [6.45, 7) is 5.41. The molecule has 0 aliphatic heterocycles. The Morgan fingerprint density at radius 1 is 0.867 bits per heavy atom. The number of aryl methyl sites for hydroxylation is 1. The summed E-state index contributed by atoms with van der Waals surface area (Å²) < 4.78 is 43.0. The largest absolute Gasteiger partial charge is 0.241 e. The standard InChI is InChI=1S/C25H26FNO2S/c1-19-13-15-23(16-14-19)30(28,29)27-25(22-11-7-4-8-12-22)18-17-24(20(2)26)21-9-5-3-6-10-21/h3-16,24-25,27H,2,17-18H2,1H3. The third kappa shape index (κ3) is 5.65. The monoisotopic (exact) mass is 423 g/mol. The van der Waals surface area contributed by atoms with Crippen LogP contribution in [0.1, 0.15) is 41.5 Å². The van der Waals surface area contributed by atoms with Gasteiger partial charge in [0, 0.05) is 12.0 Å². The summed E-state index contributed by atoms with van der Waals surface area (Å²) in [5.74, 6) is -0.907. The highest BCUT2D eigenvalue weighted by Crippen LogP contribution is 2.32. The van der Waals surface area contributed by atoms with Gasteiger partial charge in [0.25, 0.3) is 0 Å². The average Bonchev–Trinajstić information content (AvgIpc) is 2.74. The van der Waals surface area contributed by atoms with Crippen LogP contribution in [0.2, 0.25) is 0 Å². The highest BCUT2D eigenvalue weighted by Gasteiger charge is 2.24. The van der Waals surface area contributed by atoms with E-state index in [9.17, 15) is 12.8 Å². The topological polar surface area (TPSA) is 46.2 Å². The Bertz CT molecular complexity index is 1070. The molecular weight excluding hydrogens is 397 g/mol. The van der Waals surface area contributed by atoms with Crippen LogP contribution in [0.25, 0.3) is 0 Å². The van der Waals surface area contributed by atoms with Crippen molar-refractivity contribution in [2.24, 2.45) is 0 Å². The molecule has 0 aliphatic carbocycles. The second-order valence-electron chi connectivity index (χ2n) is 7.39. The van der Waals surface area contributed by atoms with Crippen LogP contribution >= 0.6 is 0 Å². The fourth-order valence-electron chi connectivity index (χ4n) is 3.47. The summed E-state index contributed by atoms with van der Waals surface area (Å²) in [6.07, 6.45) is 0.854. The number of benzene rings is 3. The molecule has 0 bridgehead atoms. The summed E-state index contributed by atoms with van der Waals surface area (Å²) in [6, 6.07) is 24.9. The van der Waals surface area contributed by atoms with E-state index in [0.29, 0.717) is 12.8 Å². The van der Waals surface area contributed by atoms with Gasteiger partial charge in [0.15, 0.2) is 0 Å². The molecule has 156 valence electrons. The number of hydrogen-bond donors (Lipinski definition) is 1. The van der Waals surface area contributed by atoms with Crippen molar-refractivity contribution in [3.8, 4) is 0 Å². The normalized spacial score (nSPS) is 13.5. The maximum absolute atomic E-state index is 14.2. The van der Waals surface area contributed by atoms with Crippen LogP contribution in [0, 0.1) is 6.92 Å². The molecule has 0 saturated carbocycles. The highest BCUT2D eigenvalue weighted by molar-refractivity contribution is 7.89. The van der Waals surface area contributed by atoms with Crippen molar-refractivity contribution in [3.63, 3.8) is 0 Å². The molecule has 3 rings (SSSR count). The van der Waals surface area contributed by atoms with Gasteiger partial charge in [-0.2, -0.15) is 0 Å². The molecule has 2 unspecified atom stereocenters. The Hall–Kier alpha value is -2.76. The molecule has 0 saturated heterocycles. The van der Waals surface area contributed by atoms with Crippen molar-refractivity contribution in [2.45, 2.75) is 36.6 Å². The van der Waals surface area contributed by atoms with Gasteiger partial charge in [-0.3, -0.25) is 0 Å². The van der Waals surface area contributed by atoms with E-state index >= 15 is 0 Å². The smallest absolute Gasteiger partial charge is 0.212 e. The zero-order valence-electron chi connectivity index (χ0n) is 17.0. The van der Waals surface area contributed by atoms with Crippen LogP contribution in [0.5, 0.6) is 0 Å². The van der Waals surface area contributed by atoms with Crippen LogP contribution in [0.4, 0.5) is 4.39 Å². The maximum atomic E-state index is 14.2. The molecule has 3 aromatic carbocycles. The van der Waals surface area contributed by atoms with E-state index in [0.717, 1.165) is 16.7 Å². The first-order valence-electron chi connectivity index (χ1n) is 9.90. The van der Waals surface area contributed by atoms with Crippen LogP contribution < -0.4 is 4.72 Å². The van der Waals surface area contributed by atoms with Crippen LogP contribution in [0.15, 0.2) is 102 Å². The quantitative estimate of drug-likeness (QED) is 0.455. The molecule has 3 aromatic rings. The van der Waals surface area contributed by atoms with Crippen molar-refractivity contribution in [2.75, 3.05) is 0 Å². The summed E-state index contributed by atoms with van der Waals surface area (Å²) >= 11 is 0. The van der Waals surface area contributed by atoms with Crippen molar-refractivity contribution >= 4 is 10.0 Å². The minimum Gasteiger partial charge on any atom is -0.212 e. The van der Waals surface area contributed by atoms with E-state index in [1.54, 1.807) is 24.3 Å². The first-order valence-corrected chi connectivity index (χ1v) is 11.4. The van der Waals surface area contributed by atoms with E-state index in [-0.39, 0.29) is 4.90 Å². The molecule has 0 aromatic heterocycles. The van der Waals surface area contributed by atoms with Gasteiger partial charge in [-0.1, -0.05) is 84.9 Å². The summed E-state index contributed by atoms with van der Waals surface area (Å²) in [4.78, 5) is 0.212. The molecule has 0 radical (unpaired) electrons. The number of sulfonamides is 1. The summed E-state index contributed by atoms with van der Waals surface area (Å²) in [7, 11) is -3.72. The minimum atomic E-state index is -3.72. The van der Waals surface area contributed by atoms with Gasteiger partial charge < -0.3 is 0 Å². The lowest BCUT2D eigenvalue weighted by Gasteiger charge is -2.22. The van der Waals surface area contributed by atoms with Gasteiger partial charge in [0.2, 0.25) is 10.0 Å². The lowest BCUT2D eigenvalue weighted by atomic mass is 9.90. The molecule has 30 heavy (non-hydrogen) atoms. The molecule has 0 fully saturated rings. The fraction of sp³-hybridized carbons (Fsp3) is 0.200. The fourth-order valence-corrected chi connectivity index (χ4v) is 4.73. The molecule has 0 spiro atoms. The first kappa shape index (κ1) is 21.9. The summed E-state index contributed by atoms with van der Waals surface area (Å²) in [5, 5.41) is 0. The molecule has 0 aliphatic rings. The van der Waals surface area contributed by atoms with Crippen LogP contribution in [0.3, 0.4) is 0 Å². The highest BCUT2D eigenvalue weighted by atomic mass is 32.2. The third-order valence-electron chi connectivity index (χ3n) is 5.15. The van der Waals surface area contributed by atoms with Crippen LogP contribution in [-0.2, 0) is 10.0 Å². The molecule has 0 heterocycles. The van der Waals surface area contributed by atoms with Crippen molar-refractivity contribution < 1.29 is 12.8 Å². The predicted octanol–water partition coefficient (Wildman–Crippen LogP) is 6.06. The van der Waals surface area contributed by atoms with Gasteiger partial charge in [-0.15, -0.1) is 0 Å². The van der Waals surface area contributed by atoms with Crippen molar-refractivity contribution in [3.05, 3.63) is 114 Å². The van der Waals surface area contributed by atoms with E-state index in [1.165, 1.54) is 0 Å². The Morgan fingerprint density at radius 3 is 1.93 bits per heavy atom. The molecule has 2 atom stereocenters. The third-order valence-corrected chi connectivity index (χ3v) is 6.64. The molecule has 3 nitrogen and oxygen atoms in total. The van der Waals surface area contributed by atoms with Gasteiger partial charge in [-0.25, -0.2) is 17.5 Å². The summed E-state index contributed by atoms with van der Waals surface area (Å²) in [5.41, 5.74) is 2.66. The van der Waals surface area contributed by atoms with Gasteiger partial charge in [0.1, 0.15) is 5.83 Å². The molecule has 1 N–H and O–H groups in total. The number of hydrogen-bond acceptors (Lipinski definition) is 2. The second-order valence-corrected chi connectivity index (χ2v) is 9.10. The van der Waals surface area contributed by atoms with Crippen molar-refractivity contribution in [1.29, 1.82) is 0 Å². The molecule has 5 heteroatoms. The SMILES string of the molecule is C=C(F)C(CCC(NS(=O)(=O)c1ccc(C)cc1)c1ccccc1)c1ccccc1. The zero-order valence-corrected chi connectivity index (χ0v) is 17.8. The van der Waals surface area contributed by atoms with E-state index in [2.05, 4.69) is 11.3 Å². The van der Waals surface area contributed by atoms with E-state index in [4.69, 9.17) is 0 Å². The Balaban J connectivity index is 1.84. The Kier molecular flexibility index (Phi) is 7.19. The van der Waals surface area contributed by atoms with Gasteiger partial charge in [-0.05, 0) is 43.0 Å². The predicted molar refractivity (Wildman–Crippen MR) is 119 cm³/mol. The number of nitrogens with one attached hydrogen (secondary N) is 1. The second kappa shape index (κ2) is 9.83. The Labute approximate surface area is 178 Å². The van der Waals surface area contributed by atoms with Gasteiger partial charge >= 0.3 is 0 Å². The van der Waals surface area contributed by atoms with Gasteiger partial charge in [0.05, 0.1) is 4.90 Å². The van der Waals surface area contributed by atoms with Crippen molar-refractivity contribution in [1.82, 2.24) is 4.72 Å². The molecule has 0 amide bonds. The van der Waals surface area contributed by atoms with E-state index < -0.39 is 27.8 Å². The Morgan fingerprint density at radius 2 is 1.40 bits per heavy atom. The average molecular weight is 424 g/mol. The number of halogens is 1. The minimum absolute atomic E-state index is 0.212. The first-order chi connectivity index (χ1) is 14.4. The molecular formula is C25H26FNO2S. The zero-order chi connectivity index (χ0) is 21.6. The number of allylic oxidation sites excluding steroid dienone is 1. The van der Waals surface area contributed by atoms with Crippen LogP contribution in [-0.4, -0.2) is 8.42 Å². The lowest BCUT2D eigenvalue weighted by Crippen LogP contribution is -2.29.